The molecule has 1 aromatic rings. The van der Waals surface area contributed by atoms with Gasteiger partial charge in [-0.15, -0.1) is 0 Å². The summed E-state index contributed by atoms with van der Waals surface area (Å²) in [7, 11) is 0. The van der Waals surface area contributed by atoms with Crippen molar-refractivity contribution in [2.75, 3.05) is 13.1 Å². The van der Waals surface area contributed by atoms with Gasteiger partial charge in [0.05, 0.1) is 0 Å². The molecule has 0 heterocycles. The summed E-state index contributed by atoms with van der Waals surface area (Å²) in [6.45, 7) is 5.40. The zero-order chi connectivity index (χ0) is 14.7. The maximum absolute atomic E-state index is 5.68. The van der Waals surface area contributed by atoms with Crippen LogP contribution in [0.3, 0.4) is 0 Å². The van der Waals surface area contributed by atoms with Crippen LogP contribution in [0.5, 0.6) is 0 Å². The summed E-state index contributed by atoms with van der Waals surface area (Å²) in [6, 6.07) is 10.4. The highest BCUT2D eigenvalue weighted by molar-refractivity contribution is 5.15. The Hall–Kier alpha value is -0.940. The van der Waals surface area contributed by atoms with E-state index in [2.05, 4.69) is 26.0 Å². The monoisotopic (exact) mass is 266 g/mol. The van der Waals surface area contributed by atoms with Crippen LogP contribution in [0.1, 0.15) is 25.8 Å². The summed E-state index contributed by atoms with van der Waals surface area (Å²) in [5, 5.41) is 0. The quantitative estimate of drug-likeness (QED) is 0.612. The fourth-order valence-electron chi connectivity index (χ4n) is 1.54. The van der Waals surface area contributed by atoms with Gasteiger partial charge in [-0.3, -0.25) is 0 Å². The normalized spacial score (nSPS) is 15.1. The van der Waals surface area contributed by atoms with E-state index in [0.29, 0.717) is 19.0 Å². The average Bonchev–Trinajstić information content (AvgIpc) is 2.47. The van der Waals surface area contributed by atoms with Gasteiger partial charge in [0.25, 0.3) is 0 Å². The molecule has 3 atom stereocenters. The molecule has 0 saturated carbocycles. The molecule has 1 rings (SSSR count). The van der Waals surface area contributed by atoms with Crippen LogP contribution in [0, 0.1) is 5.92 Å². The lowest BCUT2D eigenvalue weighted by molar-refractivity contribution is 0.449. The number of nitrogens with two attached hydrogens (primary N) is 4. The molecular weight excluding hydrogens is 236 g/mol. The van der Waals surface area contributed by atoms with E-state index in [0.717, 1.165) is 12.8 Å². The fourth-order valence-corrected chi connectivity index (χ4v) is 1.54. The van der Waals surface area contributed by atoms with E-state index >= 15 is 0 Å². The van der Waals surface area contributed by atoms with Crippen LogP contribution >= 0.6 is 0 Å². The lowest BCUT2D eigenvalue weighted by atomic mass is 10.0. The van der Waals surface area contributed by atoms with Gasteiger partial charge in [0, 0.05) is 25.2 Å². The van der Waals surface area contributed by atoms with Crippen LogP contribution < -0.4 is 22.9 Å². The van der Waals surface area contributed by atoms with Crippen molar-refractivity contribution in [2.24, 2.45) is 28.9 Å². The third-order valence-electron chi connectivity index (χ3n) is 3.29. The molecule has 8 N–H and O–H groups in total. The summed E-state index contributed by atoms with van der Waals surface area (Å²) >= 11 is 0. The third-order valence-corrected chi connectivity index (χ3v) is 3.29. The summed E-state index contributed by atoms with van der Waals surface area (Å²) < 4.78 is 0. The molecule has 0 aliphatic carbocycles. The molecule has 2 unspecified atom stereocenters. The Morgan fingerprint density at radius 3 is 1.95 bits per heavy atom. The molecule has 0 aliphatic rings. The van der Waals surface area contributed by atoms with Crippen LogP contribution in [-0.2, 0) is 6.42 Å². The minimum atomic E-state index is 0.0948. The minimum Gasteiger partial charge on any atom is -0.329 e. The maximum atomic E-state index is 5.68. The molecule has 0 radical (unpaired) electrons. The van der Waals surface area contributed by atoms with Crippen molar-refractivity contribution in [3.8, 4) is 0 Å². The molecule has 19 heavy (non-hydrogen) atoms. The second kappa shape index (κ2) is 10.9. The first kappa shape index (κ1) is 18.1. The molecule has 0 bridgehead atoms. The molecule has 0 spiro atoms. The minimum absolute atomic E-state index is 0.0948. The average molecular weight is 266 g/mol. The van der Waals surface area contributed by atoms with Crippen LogP contribution in [0.4, 0.5) is 0 Å². The summed E-state index contributed by atoms with van der Waals surface area (Å²) in [5.74, 6) is 0.569. The first-order valence-electron chi connectivity index (χ1n) is 7.00. The van der Waals surface area contributed by atoms with Gasteiger partial charge in [0.2, 0.25) is 0 Å². The van der Waals surface area contributed by atoms with E-state index in [4.69, 9.17) is 22.9 Å². The summed E-state index contributed by atoms with van der Waals surface area (Å²) in [6.07, 6.45) is 2.00. The molecule has 0 aliphatic heterocycles. The number of hydrogen-bond acceptors (Lipinski definition) is 4. The fraction of sp³-hybridized carbons (Fsp3) is 0.600. The van der Waals surface area contributed by atoms with Gasteiger partial charge in [-0.2, -0.15) is 0 Å². The zero-order valence-electron chi connectivity index (χ0n) is 12.3. The molecule has 0 saturated heterocycles. The van der Waals surface area contributed by atoms with Crippen molar-refractivity contribution in [3.05, 3.63) is 35.9 Å². The lowest BCUT2D eigenvalue weighted by Crippen LogP contribution is -2.35. The van der Waals surface area contributed by atoms with E-state index in [1.165, 1.54) is 5.56 Å². The highest BCUT2D eigenvalue weighted by atomic mass is 14.7. The van der Waals surface area contributed by atoms with E-state index < -0.39 is 0 Å². The van der Waals surface area contributed by atoms with Crippen molar-refractivity contribution < 1.29 is 0 Å². The Labute approximate surface area is 117 Å². The zero-order valence-corrected chi connectivity index (χ0v) is 12.3. The van der Waals surface area contributed by atoms with Crippen LogP contribution in [-0.4, -0.2) is 25.2 Å². The standard InChI is InChI=1S/C9H14N2.C6H16N2/c10-7-9(11)6-8-4-2-1-3-5-8;1-3-5(2)6(8)4-7/h1-5,9H,6-7,10-11H2;5-6H,3-4,7-8H2,1-2H3/t;5-,6?/m.0/s1. The first-order valence-corrected chi connectivity index (χ1v) is 7.00. The molecule has 0 amide bonds. The van der Waals surface area contributed by atoms with Gasteiger partial charge >= 0.3 is 0 Å². The van der Waals surface area contributed by atoms with Gasteiger partial charge < -0.3 is 22.9 Å². The first-order chi connectivity index (χ1) is 9.04. The Balaban J connectivity index is 0.000000362. The van der Waals surface area contributed by atoms with Crippen molar-refractivity contribution >= 4 is 0 Å². The Bertz CT molecular complexity index is 294. The highest BCUT2D eigenvalue weighted by Gasteiger charge is 2.06. The van der Waals surface area contributed by atoms with E-state index in [1.54, 1.807) is 0 Å². The predicted octanol–water partition coefficient (Wildman–Crippen LogP) is 0.834. The van der Waals surface area contributed by atoms with E-state index in [1.807, 2.05) is 18.2 Å². The van der Waals surface area contributed by atoms with Gasteiger partial charge in [-0.05, 0) is 17.9 Å². The molecular formula is C15H30N4. The molecule has 110 valence electrons. The maximum Gasteiger partial charge on any atom is 0.0203 e. The van der Waals surface area contributed by atoms with Crippen LogP contribution in [0.25, 0.3) is 0 Å². The largest absolute Gasteiger partial charge is 0.329 e. The Morgan fingerprint density at radius 2 is 1.58 bits per heavy atom. The van der Waals surface area contributed by atoms with Gasteiger partial charge in [-0.1, -0.05) is 50.6 Å². The second-order valence-electron chi connectivity index (χ2n) is 4.97. The van der Waals surface area contributed by atoms with E-state index in [-0.39, 0.29) is 12.1 Å². The molecule has 0 aromatic heterocycles. The summed E-state index contributed by atoms with van der Waals surface area (Å²) in [4.78, 5) is 0. The van der Waals surface area contributed by atoms with E-state index in [9.17, 15) is 0 Å². The predicted molar refractivity (Wildman–Crippen MR) is 83.7 cm³/mol. The van der Waals surface area contributed by atoms with Gasteiger partial charge in [-0.25, -0.2) is 0 Å². The molecule has 4 nitrogen and oxygen atoms in total. The SMILES string of the molecule is CC[C@H](C)C(N)CN.NCC(N)Cc1ccccc1. The molecule has 0 fully saturated rings. The summed E-state index contributed by atoms with van der Waals surface area (Å²) in [5.41, 5.74) is 23.3. The highest BCUT2D eigenvalue weighted by Crippen LogP contribution is 2.02. The topological polar surface area (TPSA) is 104 Å². The molecule has 4 heteroatoms. The number of hydrogen-bond donors (Lipinski definition) is 4. The lowest BCUT2D eigenvalue weighted by Gasteiger charge is -2.14. The van der Waals surface area contributed by atoms with Crippen molar-refractivity contribution in [1.29, 1.82) is 0 Å². The van der Waals surface area contributed by atoms with Gasteiger partial charge in [0.1, 0.15) is 0 Å². The van der Waals surface area contributed by atoms with Crippen molar-refractivity contribution in [2.45, 2.75) is 38.8 Å². The number of rotatable bonds is 6. The Morgan fingerprint density at radius 1 is 1.00 bits per heavy atom. The smallest absolute Gasteiger partial charge is 0.0203 e. The molecule has 1 aromatic carbocycles. The van der Waals surface area contributed by atoms with Gasteiger partial charge in [0.15, 0.2) is 0 Å². The number of benzene rings is 1. The second-order valence-corrected chi connectivity index (χ2v) is 4.97. The van der Waals surface area contributed by atoms with Crippen molar-refractivity contribution in [1.82, 2.24) is 0 Å². The van der Waals surface area contributed by atoms with Crippen LogP contribution in [0.2, 0.25) is 0 Å². The van der Waals surface area contributed by atoms with Crippen LogP contribution in [0.15, 0.2) is 30.3 Å². The Kier molecular flexibility index (Phi) is 10.4. The third kappa shape index (κ3) is 8.72. The van der Waals surface area contributed by atoms with Crippen molar-refractivity contribution in [3.63, 3.8) is 0 Å².